The maximum atomic E-state index is 13.3. The maximum absolute atomic E-state index is 13.3. The standard InChI is InChI=1S/C22H12ClFN2O3S2/c23-12-5-8-14-16(10-12)31-22(25-14)26-18(15-2-1-9-30-15)17(20(28)21(26)29)19(27)11-3-6-13(24)7-4-11/h1-10,18,27H/b19-17+. The molecule has 2 aromatic carbocycles. The highest BCUT2D eigenvalue weighted by molar-refractivity contribution is 7.22. The minimum Gasteiger partial charge on any atom is -0.507 e. The molecule has 1 unspecified atom stereocenters. The molecule has 0 bridgehead atoms. The third-order valence-electron chi connectivity index (χ3n) is 4.92. The summed E-state index contributed by atoms with van der Waals surface area (Å²) in [5, 5.41) is 13.6. The van der Waals surface area contributed by atoms with Crippen LogP contribution in [0.2, 0.25) is 5.02 Å². The second-order valence-corrected chi connectivity index (χ2v) is 9.22. The molecule has 31 heavy (non-hydrogen) atoms. The van der Waals surface area contributed by atoms with Crippen LogP contribution < -0.4 is 4.90 Å². The number of nitrogens with zero attached hydrogens (tertiary/aromatic N) is 2. The SMILES string of the molecule is O=C1C(=O)N(c2nc3ccc(Cl)cc3s2)C(c2cccs2)/C1=C(\O)c1ccc(F)cc1. The lowest BCUT2D eigenvalue weighted by molar-refractivity contribution is -0.132. The van der Waals surface area contributed by atoms with Crippen LogP contribution in [-0.2, 0) is 9.59 Å². The third-order valence-corrected chi connectivity index (χ3v) is 7.10. The van der Waals surface area contributed by atoms with Gasteiger partial charge in [-0.05, 0) is 53.9 Å². The molecule has 3 heterocycles. The smallest absolute Gasteiger partial charge is 0.301 e. The zero-order valence-corrected chi connectivity index (χ0v) is 18.0. The number of aliphatic hydroxyl groups excluding tert-OH is 1. The molecular weight excluding hydrogens is 459 g/mol. The first kappa shape index (κ1) is 19.9. The number of benzene rings is 2. The number of carbonyl (C=O) groups is 2. The summed E-state index contributed by atoms with van der Waals surface area (Å²) in [6.45, 7) is 0. The lowest BCUT2D eigenvalue weighted by atomic mass is 10.00. The Morgan fingerprint density at radius 2 is 1.90 bits per heavy atom. The Hall–Kier alpha value is -3.07. The fourth-order valence-electron chi connectivity index (χ4n) is 3.50. The number of aromatic nitrogens is 1. The van der Waals surface area contributed by atoms with E-state index in [4.69, 9.17) is 11.6 Å². The molecule has 1 aliphatic heterocycles. The van der Waals surface area contributed by atoms with Crippen molar-refractivity contribution in [3.05, 3.63) is 86.8 Å². The Labute approximate surface area is 188 Å². The molecule has 1 N–H and O–H groups in total. The summed E-state index contributed by atoms with van der Waals surface area (Å²) in [5.41, 5.74) is 0.836. The van der Waals surface area contributed by atoms with Crippen LogP contribution in [0.25, 0.3) is 16.0 Å². The summed E-state index contributed by atoms with van der Waals surface area (Å²) < 4.78 is 14.1. The molecule has 0 radical (unpaired) electrons. The van der Waals surface area contributed by atoms with Crippen LogP contribution in [0.5, 0.6) is 0 Å². The maximum Gasteiger partial charge on any atom is 0.301 e. The van der Waals surface area contributed by atoms with E-state index < -0.39 is 23.5 Å². The molecule has 0 saturated carbocycles. The van der Waals surface area contributed by atoms with Crippen LogP contribution in [0.3, 0.4) is 0 Å². The molecule has 0 aliphatic carbocycles. The number of ketones is 1. The Morgan fingerprint density at radius 3 is 2.61 bits per heavy atom. The summed E-state index contributed by atoms with van der Waals surface area (Å²) in [6, 6.07) is 13.0. The molecule has 9 heteroatoms. The Bertz CT molecular complexity index is 1360. The van der Waals surface area contributed by atoms with Gasteiger partial charge >= 0.3 is 5.91 Å². The van der Waals surface area contributed by atoms with Gasteiger partial charge in [0.25, 0.3) is 5.78 Å². The zero-order chi connectivity index (χ0) is 21.7. The van der Waals surface area contributed by atoms with Crippen LogP contribution in [0.1, 0.15) is 16.5 Å². The lowest BCUT2D eigenvalue weighted by Crippen LogP contribution is -2.28. The zero-order valence-electron chi connectivity index (χ0n) is 15.6. The van der Waals surface area contributed by atoms with Crippen LogP contribution in [0.15, 0.2) is 65.6 Å². The van der Waals surface area contributed by atoms with Crippen molar-refractivity contribution in [3.63, 3.8) is 0 Å². The number of fused-ring (bicyclic) bond motifs is 1. The molecule has 1 aliphatic rings. The van der Waals surface area contributed by atoms with Crippen molar-refractivity contribution < 1.29 is 19.1 Å². The van der Waals surface area contributed by atoms with Gasteiger partial charge < -0.3 is 5.11 Å². The number of amides is 1. The summed E-state index contributed by atoms with van der Waals surface area (Å²) >= 11 is 8.66. The monoisotopic (exact) mass is 470 g/mol. The predicted octanol–water partition coefficient (Wildman–Crippen LogP) is 5.78. The molecule has 5 nitrogen and oxygen atoms in total. The predicted molar refractivity (Wildman–Crippen MR) is 120 cm³/mol. The van der Waals surface area contributed by atoms with Crippen LogP contribution in [0.4, 0.5) is 9.52 Å². The average molecular weight is 471 g/mol. The molecule has 5 rings (SSSR count). The van der Waals surface area contributed by atoms with Gasteiger partial charge in [0.15, 0.2) is 5.13 Å². The normalized spacial score (nSPS) is 18.3. The highest BCUT2D eigenvalue weighted by Crippen LogP contribution is 2.45. The number of hydrogen-bond acceptors (Lipinski definition) is 6. The van der Waals surface area contributed by atoms with E-state index >= 15 is 0 Å². The van der Waals surface area contributed by atoms with Gasteiger partial charge in [-0.3, -0.25) is 14.5 Å². The number of halogens is 2. The highest BCUT2D eigenvalue weighted by Gasteiger charge is 2.48. The van der Waals surface area contributed by atoms with Crippen molar-refractivity contribution in [2.75, 3.05) is 4.90 Å². The molecule has 1 fully saturated rings. The Kier molecular flexibility index (Phi) is 4.85. The fourth-order valence-corrected chi connectivity index (χ4v) is 5.59. The van der Waals surface area contributed by atoms with E-state index in [1.165, 1.54) is 51.8 Å². The number of hydrogen-bond donors (Lipinski definition) is 1. The van der Waals surface area contributed by atoms with Crippen LogP contribution in [-0.4, -0.2) is 21.8 Å². The minimum absolute atomic E-state index is 0.0589. The molecular formula is C22H12ClFN2O3S2. The first-order valence-corrected chi connectivity index (χ1v) is 11.2. The molecule has 1 saturated heterocycles. The van der Waals surface area contributed by atoms with Crippen molar-refractivity contribution in [3.8, 4) is 0 Å². The largest absolute Gasteiger partial charge is 0.507 e. The van der Waals surface area contributed by atoms with Gasteiger partial charge in [-0.1, -0.05) is 29.0 Å². The van der Waals surface area contributed by atoms with E-state index in [1.807, 2.05) is 5.38 Å². The van der Waals surface area contributed by atoms with Gasteiger partial charge in [0.1, 0.15) is 17.6 Å². The summed E-state index contributed by atoms with van der Waals surface area (Å²) in [5.74, 6) is -2.44. The number of Topliss-reactive ketones (excluding diaryl/α,β-unsaturated/α-hetero) is 1. The van der Waals surface area contributed by atoms with E-state index in [1.54, 1.807) is 30.3 Å². The molecule has 0 spiro atoms. The van der Waals surface area contributed by atoms with Crippen LogP contribution >= 0.6 is 34.3 Å². The number of thiazole rings is 1. The molecule has 1 atom stereocenters. The second kappa shape index (κ2) is 7.56. The summed E-state index contributed by atoms with van der Waals surface area (Å²) in [4.78, 5) is 32.6. The van der Waals surface area contributed by atoms with Gasteiger partial charge in [-0.2, -0.15) is 0 Å². The van der Waals surface area contributed by atoms with Crippen LogP contribution in [0, 0.1) is 5.82 Å². The fraction of sp³-hybridized carbons (Fsp3) is 0.0455. The number of anilines is 1. The van der Waals surface area contributed by atoms with Crippen molar-refractivity contribution in [2.24, 2.45) is 0 Å². The molecule has 154 valence electrons. The lowest BCUT2D eigenvalue weighted by Gasteiger charge is -2.21. The Morgan fingerprint density at radius 1 is 1.13 bits per heavy atom. The van der Waals surface area contributed by atoms with Gasteiger partial charge in [-0.25, -0.2) is 9.37 Å². The Balaban J connectivity index is 1.71. The van der Waals surface area contributed by atoms with Crippen molar-refractivity contribution in [1.82, 2.24) is 4.98 Å². The molecule has 2 aromatic heterocycles. The quantitative estimate of drug-likeness (QED) is 0.234. The van der Waals surface area contributed by atoms with E-state index in [9.17, 15) is 19.1 Å². The van der Waals surface area contributed by atoms with Gasteiger partial charge in [0, 0.05) is 15.5 Å². The van der Waals surface area contributed by atoms with Gasteiger partial charge in [0.05, 0.1) is 15.8 Å². The minimum atomic E-state index is -0.846. The number of thiophene rings is 1. The van der Waals surface area contributed by atoms with Crippen molar-refractivity contribution >= 4 is 67.1 Å². The number of rotatable bonds is 3. The summed E-state index contributed by atoms with van der Waals surface area (Å²) in [6.07, 6.45) is 0. The van der Waals surface area contributed by atoms with Gasteiger partial charge in [-0.15, -0.1) is 11.3 Å². The molecule has 1 amide bonds. The van der Waals surface area contributed by atoms with E-state index in [0.717, 1.165) is 4.70 Å². The second-order valence-electron chi connectivity index (χ2n) is 6.80. The van der Waals surface area contributed by atoms with Crippen molar-refractivity contribution in [1.29, 1.82) is 0 Å². The van der Waals surface area contributed by atoms with Gasteiger partial charge in [0.2, 0.25) is 0 Å². The number of carbonyl (C=O) groups excluding carboxylic acids is 2. The number of aliphatic hydroxyl groups is 1. The molecule has 4 aromatic rings. The summed E-state index contributed by atoms with van der Waals surface area (Å²) in [7, 11) is 0. The topological polar surface area (TPSA) is 70.5 Å². The average Bonchev–Trinajstić information content (AvgIpc) is 3.47. The van der Waals surface area contributed by atoms with E-state index in [0.29, 0.717) is 20.5 Å². The highest BCUT2D eigenvalue weighted by atomic mass is 35.5. The van der Waals surface area contributed by atoms with E-state index in [2.05, 4.69) is 4.98 Å². The first-order valence-electron chi connectivity index (χ1n) is 9.10. The van der Waals surface area contributed by atoms with E-state index in [-0.39, 0.29) is 16.9 Å². The third kappa shape index (κ3) is 3.33. The first-order chi connectivity index (χ1) is 14.9. The van der Waals surface area contributed by atoms with Crippen molar-refractivity contribution in [2.45, 2.75) is 6.04 Å².